The topological polar surface area (TPSA) is 73.7 Å². The predicted molar refractivity (Wildman–Crippen MR) is 118 cm³/mol. The van der Waals surface area contributed by atoms with Crippen molar-refractivity contribution in [3.63, 3.8) is 0 Å². The lowest BCUT2D eigenvalue weighted by molar-refractivity contribution is 0.207. The normalized spacial score (nSPS) is 18.4. The highest BCUT2D eigenvalue weighted by Crippen LogP contribution is 2.24. The van der Waals surface area contributed by atoms with Gasteiger partial charge in [-0.15, -0.1) is 0 Å². The van der Waals surface area contributed by atoms with E-state index in [0.29, 0.717) is 18.1 Å². The Morgan fingerprint density at radius 2 is 2.19 bits per heavy atom. The highest BCUT2D eigenvalue weighted by molar-refractivity contribution is 6.30. The number of aromatic nitrogens is 2. The van der Waals surface area contributed by atoms with Gasteiger partial charge in [-0.3, -0.25) is 10.9 Å². The van der Waals surface area contributed by atoms with E-state index >= 15 is 0 Å². The van der Waals surface area contributed by atoms with Crippen molar-refractivity contribution in [1.82, 2.24) is 30.5 Å². The van der Waals surface area contributed by atoms with Crippen LogP contribution in [0.5, 0.6) is 0 Å². The molecule has 0 bridgehead atoms. The molecule has 1 aliphatic rings. The molecule has 3 N–H and O–H groups in total. The third-order valence-electron chi connectivity index (χ3n) is 5.51. The van der Waals surface area contributed by atoms with Crippen LogP contribution >= 0.6 is 11.6 Å². The summed E-state index contributed by atoms with van der Waals surface area (Å²) >= 11 is 5.99. The first-order valence-corrected chi connectivity index (χ1v) is 10.7. The monoisotopic (exact) mass is 444 g/mol. The van der Waals surface area contributed by atoms with E-state index < -0.39 is 0 Å². The second-order valence-electron chi connectivity index (χ2n) is 7.90. The largest absolute Gasteiger partial charge is 0.332 e. The minimum absolute atomic E-state index is 0.0991. The third kappa shape index (κ3) is 5.52. The van der Waals surface area contributed by atoms with E-state index in [9.17, 15) is 9.18 Å². The van der Waals surface area contributed by atoms with Gasteiger partial charge in [0.25, 0.3) is 0 Å². The molecule has 0 radical (unpaired) electrons. The van der Waals surface area contributed by atoms with Crippen LogP contribution in [0.15, 0.2) is 48.8 Å². The van der Waals surface area contributed by atoms with Gasteiger partial charge in [-0.1, -0.05) is 23.7 Å². The molecule has 1 fully saturated rings. The average molecular weight is 445 g/mol. The number of hydrogen-bond donors (Lipinski definition) is 3. The van der Waals surface area contributed by atoms with E-state index in [1.165, 1.54) is 6.07 Å². The minimum Gasteiger partial charge on any atom is -0.332 e. The van der Waals surface area contributed by atoms with Gasteiger partial charge in [0.1, 0.15) is 11.5 Å². The van der Waals surface area contributed by atoms with Gasteiger partial charge in [-0.05, 0) is 49.1 Å². The summed E-state index contributed by atoms with van der Waals surface area (Å²) in [6.07, 6.45) is 6.31. The van der Waals surface area contributed by atoms with E-state index in [4.69, 9.17) is 11.6 Å². The lowest BCUT2D eigenvalue weighted by Crippen LogP contribution is -2.38. The van der Waals surface area contributed by atoms with Crippen LogP contribution in [0.25, 0.3) is 5.65 Å². The van der Waals surface area contributed by atoms with Crippen molar-refractivity contribution in [3.8, 4) is 0 Å². The summed E-state index contributed by atoms with van der Waals surface area (Å²) in [5.74, 6) is -0.220. The van der Waals surface area contributed by atoms with Gasteiger partial charge in [-0.2, -0.15) is 0 Å². The summed E-state index contributed by atoms with van der Waals surface area (Å²) in [6, 6.07) is 10.6. The number of nitrogens with one attached hydrogen (secondary N) is 3. The molecule has 164 valence electrons. The number of imidazole rings is 1. The second kappa shape index (κ2) is 9.64. The number of amides is 2. The van der Waals surface area contributed by atoms with E-state index in [-0.39, 0.29) is 23.9 Å². The van der Waals surface area contributed by atoms with Crippen molar-refractivity contribution >= 4 is 23.3 Å². The fourth-order valence-electron chi connectivity index (χ4n) is 3.83. The first-order chi connectivity index (χ1) is 15.0. The Hall–Kier alpha value is -2.68. The molecular formula is C22H26ClFN6O. The van der Waals surface area contributed by atoms with Gasteiger partial charge in [0.15, 0.2) is 0 Å². The van der Waals surface area contributed by atoms with Crippen molar-refractivity contribution in [2.45, 2.75) is 37.9 Å². The zero-order valence-electron chi connectivity index (χ0n) is 17.3. The molecule has 0 aliphatic carbocycles. The molecule has 2 unspecified atom stereocenters. The maximum absolute atomic E-state index is 13.4. The molecule has 4 rings (SSSR count). The average Bonchev–Trinajstić information content (AvgIpc) is 3.38. The molecule has 2 amide bonds. The van der Waals surface area contributed by atoms with Gasteiger partial charge < -0.3 is 14.6 Å². The zero-order valence-corrected chi connectivity index (χ0v) is 18.1. The van der Waals surface area contributed by atoms with Crippen LogP contribution in [0.4, 0.5) is 9.18 Å². The Kier molecular flexibility index (Phi) is 6.70. The van der Waals surface area contributed by atoms with Crippen LogP contribution in [0, 0.1) is 5.82 Å². The Labute approximate surface area is 185 Å². The molecule has 3 aromatic rings. The molecular weight excluding hydrogens is 419 g/mol. The second-order valence-corrected chi connectivity index (χ2v) is 8.33. The third-order valence-corrected chi connectivity index (χ3v) is 5.73. The molecule has 2 atom stereocenters. The predicted octanol–water partition coefficient (Wildman–Crippen LogP) is 3.66. The van der Waals surface area contributed by atoms with Gasteiger partial charge in [0, 0.05) is 38.1 Å². The Balaban J connectivity index is 1.18. The fraction of sp³-hybridized carbons (Fsp3) is 0.364. The molecule has 2 aromatic heterocycles. The quantitative estimate of drug-likeness (QED) is 0.520. The maximum atomic E-state index is 13.4. The van der Waals surface area contributed by atoms with E-state index in [1.54, 1.807) is 36.3 Å². The molecule has 0 spiro atoms. The van der Waals surface area contributed by atoms with Crippen molar-refractivity contribution < 1.29 is 9.18 Å². The molecule has 1 saturated heterocycles. The van der Waals surface area contributed by atoms with Gasteiger partial charge in [-0.25, -0.2) is 14.2 Å². The molecule has 0 saturated carbocycles. The number of pyridine rings is 1. The lowest BCUT2D eigenvalue weighted by atomic mass is 9.99. The summed E-state index contributed by atoms with van der Waals surface area (Å²) in [4.78, 5) is 18.5. The maximum Gasteiger partial charge on any atom is 0.317 e. The summed E-state index contributed by atoms with van der Waals surface area (Å²) in [5.41, 5.74) is 9.02. The number of urea groups is 1. The molecule has 9 heteroatoms. The number of fused-ring (bicyclic) bond motifs is 1. The Morgan fingerprint density at radius 3 is 3.03 bits per heavy atom. The molecule has 1 aromatic carbocycles. The van der Waals surface area contributed by atoms with Crippen molar-refractivity contribution in [1.29, 1.82) is 0 Å². The fourth-order valence-corrected chi connectivity index (χ4v) is 4.00. The molecule has 1 aliphatic heterocycles. The number of hydrogen-bond acceptors (Lipinski definition) is 4. The highest BCUT2D eigenvalue weighted by Gasteiger charge is 2.25. The molecule has 7 nitrogen and oxygen atoms in total. The van der Waals surface area contributed by atoms with Gasteiger partial charge in [0.05, 0.1) is 17.3 Å². The van der Waals surface area contributed by atoms with Crippen LogP contribution < -0.4 is 16.2 Å². The van der Waals surface area contributed by atoms with E-state index in [2.05, 4.69) is 21.2 Å². The molecule has 3 heterocycles. The number of carbonyl (C=O) groups excluding carboxylic acids is 1. The van der Waals surface area contributed by atoms with E-state index in [0.717, 1.165) is 36.2 Å². The van der Waals surface area contributed by atoms with Crippen LogP contribution in [-0.4, -0.2) is 39.9 Å². The highest BCUT2D eigenvalue weighted by atomic mass is 35.5. The van der Waals surface area contributed by atoms with E-state index in [1.807, 2.05) is 22.7 Å². The smallest absolute Gasteiger partial charge is 0.317 e. The number of rotatable bonds is 7. The number of halogens is 2. The van der Waals surface area contributed by atoms with Crippen LogP contribution in [0.2, 0.25) is 5.02 Å². The number of nitrogens with zero attached hydrogens (tertiary/aromatic N) is 3. The summed E-state index contributed by atoms with van der Waals surface area (Å²) in [5, 5.41) is 3.53. The van der Waals surface area contributed by atoms with Gasteiger partial charge >= 0.3 is 6.03 Å². The van der Waals surface area contributed by atoms with Crippen molar-refractivity contribution in [2.24, 2.45) is 0 Å². The molecule has 31 heavy (non-hydrogen) atoms. The summed E-state index contributed by atoms with van der Waals surface area (Å²) in [6.45, 7) is 1.00. The van der Waals surface area contributed by atoms with Gasteiger partial charge in [0.2, 0.25) is 0 Å². The zero-order chi connectivity index (χ0) is 21.8. The van der Waals surface area contributed by atoms with Crippen LogP contribution in [-0.2, 0) is 6.54 Å². The number of carbonyl (C=O) groups is 1. The van der Waals surface area contributed by atoms with Crippen LogP contribution in [0.1, 0.15) is 36.6 Å². The number of hydrazine groups is 1. The van der Waals surface area contributed by atoms with Crippen LogP contribution in [0.3, 0.4) is 0 Å². The standard InChI is InChI=1S/C22H26ClFN6O/c1-29(22(31)25-12-19-14-30-13-16(23)7-8-21(30)26-19)9-3-6-18-11-20(28-27-18)15-4-2-5-17(24)10-15/h2,4-5,7-8,10,13-14,18,20,27-28H,3,6,9,11-12H2,1H3,(H,25,31). The lowest BCUT2D eigenvalue weighted by Gasteiger charge is -2.18. The van der Waals surface area contributed by atoms with Crippen molar-refractivity contribution in [3.05, 3.63) is 70.9 Å². The summed E-state index contributed by atoms with van der Waals surface area (Å²) < 4.78 is 15.3. The first kappa shape index (κ1) is 21.5. The minimum atomic E-state index is -0.220. The summed E-state index contributed by atoms with van der Waals surface area (Å²) in [7, 11) is 1.79. The van der Waals surface area contributed by atoms with Crippen molar-refractivity contribution in [2.75, 3.05) is 13.6 Å². The number of benzene rings is 1. The Bertz CT molecular complexity index is 1060. The SMILES string of the molecule is CN(CCCC1CC(c2cccc(F)c2)NN1)C(=O)NCc1cn2cc(Cl)ccc2n1. The Morgan fingerprint density at radius 1 is 1.32 bits per heavy atom. The first-order valence-electron chi connectivity index (χ1n) is 10.4.